The van der Waals surface area contributed by atoms with E-state index in [4.69, 9.17) is 0 Å². The van der Waals surface area contributed by atoms with E-state index in [0.717, 1.165) is 11.0 Å². The van der Waals surface area contributed by atoms with Gasteiger partial charge in [0.15, 0.2) is 11.7 Å². The van der Waals surface area contributed by atoms with Gasteiger partial charge >= 0.3 is 0 Å². The average Bonchev–Trinajstić information content (AvgIpc) is 2.82. The highest BCUT2D eigenvalue weighted by molar-refractivity contribution is 9.10. The number of nitrogens with zero attached hydrogens (tertiary/aromatic N) is 2. The van der Waals surface area contributed by atoms with Crippen molar-refractivity contribution in [3.63, 3.8) is 0 Å². The number of nitrogens with two attached hydrogens (primary N) is 1. The molecule has 0 spiro atoms. The molecule has 5 N–H and O–H groups in total. The summed E-state index contributed by atoms with van der Waals surface area (Å²) in [5.74, 6) is -0.831. The van der Waals surface area contributed by atoms with Crippen LogP contribution in [0, 0.1) is 0 Å². The van der Waals surface area contributed by atoms with Crippen molar-refractivity contribution >= 4 is 44.3 Å². The number of H-pyrrole nitrogens is 1. The minimum atomic E-state index is -0.507. The van der Waals surface area contributed by atoms with Crippen molar-refractivity contribution in [2.45, 2.75) is 12.5 Å². The van der Waals surface area contributed by atoms with E-state index in [0.29, 0.717) is 17.4 Å². The van der Waals surface area contributed by atoms with E-state index < -0.39 is 11.9 Å². The van der Waals surface area contributed by atoms with E-state index in [1.165, 1.54) is 0 Å². The number of aromatic amines is 1. The van der Waals surface area contributed by atoms with Crippen molar-refractivity contribution in [3.8, 4) is 5.88 Å². The minimum absolute atomic E-state index is 0.0256. The van der Waals surface area contributed by atoms with Gasteiger partial charge in [-0.05, 0) is 18.2 Å². The molecular formula is C14H15BrN5O3+. The van der Waals surface area contributed by atoms with Gasteiger partial charge in [0.05, 0.1) is 25.0 Å². The molecule has 1 aliphatic heterocycles. The van der Waals surface area contributed by atoms with Gasteiger partial charge < -0.3 is 20.7 Å². The molecule has 9 heteroatoms. The second kappa shape index (κ2) is 6.47. The van der Waals surface area contributed by atoms with Gasteiger partial charge in [0, 0.05) is 9.86 Å². The van der Waals surface area contributed by atoms with E-state index in [1.54, 1.807) is 12.1 Å². The van der Waals surface area contributed by atoms with E-state index in [1.807, 2.05) is 11.4 Å². The first-order valence-electron chi connectivity index (χ1n) is 7.10. The van der Waals surface area contributed by atoms with Crippen molar-refractivity contribution in [3.05, 3.63) is 22.7 Å². The van der Waals surface area contributed by atoms with Gasteiger partial charge in [-0.25, -0.2) is 0 Å². The zero-order valence-corrected chi connectivity index (χ0v) is 13.6. The van der Waals surface area contributed by atoms with Gasteiger partial charge in [-0.1, -0.05) is 15.9 Å². The lowest BCUT2D eigenvalue weighted by atomic mass is 10.1. The molecule has 1 aliphatic rings. The fraction of sp³-hybridized carbons (Fsp3) is 0.286. The molecular weight excluding hydrogens is 366 g/mol. The molecule has 0 aliphatic carbocycles. The Bertz CT molecular complexity index is 801. The number of aromatic hydroxyl groups is 1. The summed E-state index contributed by atoms with van der Waals surface area (Å²) >= 11 is 3.34. The zero-order chi connectivity index (χ0) is 16.4. The Balaban J connectivity index is 1.77. The third-order valence-corrected chi connectivity index (χ3v) is 4.09. The molecule has 1 aromatic heterocycles. The van der Waals surface area contributed by atoms with Gasteiger partial charge in [-0.2, -0.15) is 0 Å². The molecule has 1 aromatic carbocycles. The lowest BCUT2D eigenvalue weighted by Crippen LogP contribution is -2.96. The van der Waals surface area contributed by atoms with Crippen LogP contribution < -0.4 is 10.6 Å². The minimum Gasteiger partial charge on any atom is -0.493 e. The highest BCUT2D eigenvalue weighted by Crippen LogP contribution is 2.36. The van der Waals surface area contributed by atoms with Gasteiger partial charge in [0.1, 0.15) is 0 Å². The normalized spacial score (nSPS) is 18.5. The number of quaternary nitrogens is 1. The Hall–Kier alpha value is -2.26. The maximum Gasteiger partial charge on any atom is 0.279 e. The Morgan fingerprint density at radius 1 is 1.48 bits per heavy atom. The smallest absolute Gasteiger partial charge is 0.279 e. The zero-order valence-electron chi connectivity index (χ0n) is 12.0. The number of hydrogen-bond acceptors (Lipinski definition) is 4. The number of piperazine rings is 1. The van der Waals surface area contributed by atoms with Crippen molar-refractivity contribution in [1.29, 1.82) is 0 Å². The predicted octanol–water partition coefficient (Wildman–Crippen LogP) is 0.698. The van der Waals surface area contributed by atoms with Gasteiger partial charge in [-0.15, -0.1) is 10.2 Å². The Labute approximate surface area is 139 Å². The first kappa shape index (κ1) is 15.6. The maximum absolute atomic E-state index is 11.9. The van der Waals surface area contributed by atoms with E-state index in [2.05, 4.69) is 36.5 Å². The molecule has 1 fully saturated rings. The Morgan fingerprint density at radius 2 is 2.30 bits per heavy atom. The van der Waals surface area contributed by atoms with Crippen LogP contribution in [0.15, 0.2) is 32.9 Å². The largest absolute Gasteiger partial charge is 0.493 e. The second-order valence-electron chi connectivity index (χ2n) is 5.23. The number of carbonyl (C=O) groups excluding carboxylic acids is 2. The van der Waals surface area contributed by atoms with Crippen molar-refractivity contribution in [2.75, 3.05) is 13.1 Å². The molecule has 23 heavy (non-hydrogen) atoms. The molecule has 8 nitrogen and oxygen atoms in total. The third-order valence-electron chi connectivity index (χ3n) is 3.60. The van der Waals surface area contributed by atoms with Gasteiger partial charge in [-0.3, -0.25) is 9.59 Å². The molecule has 2 aromatic rings. The average molecular weight is 381 g/mol. The van der Waals surface area contributed by atoms with Crippen LogP contribution in [0.25, 0.3) is 10.9 Å². The number of amides is 2. The number of azo groups is 1. The van der Waals surface area contributed by atoms with Crippen LogP contribution in [0.5, 0.6) is 5.88 Å². The lowest BCUT2D eigenvalue weighted by Gasteiger charge is -2.18. The first-order chi connectivity index (χ1) is 11.0. The molecule has 3 rings (SSSR count). The van der Waals surface area contributed by atoms with Crippen molar-refractivity contribution in [2.24, 2.45) is 10.2 Å². The fourth-order valence-corrected chi connectivity index (χ4v) is 2.83. The van der Waals surface area contributed by atoms with Crippen LogP contribution in [0.4, 0.5) is 5.69 Å². The maximum atomic E-state index is 11.9. The molecule has 0 radical (unpaired) electrons. The number of fused-ring (bicyclic) bond motifs is 1. The number of carbonyl (C=O) groups is 2. The molecule has 2 amide bonds. The molecule has 2 heterocycles. The van der Waals surface area contributed by atoms with Crippen LogP contribution in [-0.2, 0) is 9.59 Å². The molecule has 1 unspecified atom stereocenters. The van der Waals surface area contributed by atoms with Crippen LogP contribution in [0.2, 0.25) is 0 Å². The topological polar surface area (TPSA) is 124 Å². The molecule has 1 saturated heterocycles. The van der Waals surface area contributed by atoms with Crippen LogP contribution in [0.1, 0.15) is 6.42 Å². The Kier molecular flexibility index (Phi) is 4.39. The molecule has 0 saturated carbocycles. The van der Waals surface area contributed by atoms with E-state index in [-0.39, 0.29) is 23.9 Å². The summed E-state index contributed by atoms with van der Waals surface area (Å²) in [6, 6.07) is 4.90. The quantitative estimate of drug-likeness (QED) is 0.585. The SMILES string of the molecule is O=C(CC1[NH2+]CCNC1=O)N=Nc1c(O)[nH]c2ccc(Br)cc12. The van der Waals surface area contributed by atoms with Gasteiger partial charge in [0.25, 0.3) is 11.8 Å². The highest BCUT2D eigenvalue weighted by Gasteiger charge is 2.27. The van der Waals surface area contributed by atoms with E-state index in [9.17, 15) is 14.7 Å². The predicted molar refractivity (Wildman–Crippen MR) is 85.4 cm³/mol. The molecule has 0 bridgehead atoms. The number of nitrogens with one attached hydrogen (secondary N) is 2. The number of halogens is 1. The van der Waals surface area contributed by atoms with Crippen molar-refractivity contribution < 1.29 is 20.0 Å². The summed E-state index contributed by atoms with van der Waals surface area (Å²) < 4.78 is 0.820. The number of hydrogen-bond donors (Lipinski definition) is 4. The van der Waals surface area contributed by atoms with Crippen LogP contribution in [-0.4, -0.2) is 41.0 Å². The molecule has 1 atom stereocenters. The summed E-state index contributed by atoms with van der Waals surface area (Å²) in [4.78, 5) is 26.3. The fourth-order valence-electron chi connectivity index (χ4n) is 2.47. The monoisotopic (exact) mass is 380 g/mol. The number of rotatable bonds is 3. The summed E-state index contributed by atoms with van der Waals surface area (Å²) in [7, 11) is 0. The van der Waals surface area contributed by atoms with Gasteiger partial charge in [0.2, 0.25) is 5.88 Å². The number of aromatic nitrogens is 1. The lowest BCUT2D eigenvalue weighted by molar-refractivity contribution is -0.678. The summed E-state index contributed by atoms with van der Waals surface area (Å²) in [6.45, 7) is 1.33. The second-order valence-corrected chi connectivity index (χ2v) is 6.15. The third kappa shape index (κ3) is 3.40. The van der Waals surface area contributed by atoms with E-state index >= 15 is 0 Å². The number of benzene rings is 1. The summed E-state index contributed by atoms with van der Waals surface area (Å²) in [6.07, 6.45) is -0.0256. The van der Waals surface area contributed by atoms with Crippen LogP contribution >= 0.6 is 15.9 Å². The van der Waals surface area contributed by atoms with Crippen molar-refractivity contribution in [1.82, 2.24) is 10.3 Å². The first-order valence-corrected chi connectivity index (χ1v) is 7.89. The standard InChI is InChI=1S/C14H14BrN5O3/c15-7-1-2-9-8(5-7)12(14(23)18-9)20-19-11(21)6-10-13(22)17-4-3-16-10/h1-2,5,10,16,18,23H,3-4,6H2,(H,17,22)/p+1. The molecule has 120 valence electrons. The summed E-state index contributed by atoms with van der Waals surface area (Å²) in [5.41, 5.74) is 0.888. The summed E-state index contributed by atoms with van der Waals surface area (Å²) in [5, 5.41) is 22.5. The Morgan fingerprint density at radius 3 is 3.09 bits per heavy atom. The highest BCUT2D eigenvalue weighted by atomic mass is 79.9. The van der Waals surface area contributed by atoms with Crippen LogP contribution in [0.3, 0.4) is 0 Å².